The van der Waals surface area contributed by atoms with E-state index in [1.165, 1.54) is 0 Å². The number of benzene rings is 2. The van der Waals surface area contributed by atoms with E-state index < -0.39 is 5.97 Å². The van der Waals surface area contributed by atoms with Gasteiger partial charge in [-0.1, -0.05) is 0 Å². The molecule has 2 aromatic carbocycles. The third-order valence-corrected chi connectivity index (χ3v) is 3.81. The lowest BCUT2D eigenvalue weighted by atomic mass is 10.0. The number of carboxylic acids is 1. The molecular formula is C16H15N3O2. The summed E-state index contributed by atoms with van der Waals surface area (Å²) in [5.74, 6) is -0.242. The summed E-state index contributed by atoms with van der Waals surface area (Å²) in [6, 6.07) is 8.64. The van der Waals surface area contributed by atoms with E-state index in [0.29, 0.717) is 11.3 Å². The standard InChI is InChI=1S/C16H15N3O2/c1-8-9(2)12(17)5-4-11(8)15-18-13-6-3-10(16(20)21)7-14(13)19-15/h3-7H,17H2,1-2H3,(H,18,19)(H,20,21). The number of nitrogens with two attached hydrogens (primary N) is 1. The van der Waals surface area contributed by atoms with E-state index in [9.17, 15) is 4.79 Å². The van der Waals surface area contributed by atoms with Crippen LogP contribution in [0.5, 0.6) is 0 Å². The summed E-state index contributed by atoms with van der Waals surface area (Å²) in [4.78, 5) is 18.7. The fourth-order valence-electron chi connectivity index (χ4n) is 2.36. The molecule has 1 heterocycles. The lowest BCUT2D eigenvalue weighted by Crippen LogP contribution is -1.95. The van der Waals surface area contributed by atoms with Crippen LogP contribution in [-0.4, -0.2) is 21.0 Å². The fraction of sp³-hybridized carbons (Fsp3) is 0.125. The van der Waals surface area contributed by atoms with Crippen molar-refractivity contribution in [3.05, 3.63) is 47.0 Å². The van der Waals surface area contributed by atoms with Gasteiger partial charge in [-0.25, -0.2) is 9.78 Å². The fourth-order valence-corrected chi connectivity index (χ4v) is 2.36. The second-order valence-electron chi connectivity index (χ2n) is 5.07. The van der Waals surface area contributed by atoms with Crippen LogP contribution in [0, 0.1) is 13.8 Å². The number of fused-ring (bicyclic) bond motifs is 1. The van der Waals surface area contributed by atoms with Crippen LogP contribution in [0.25, 0.3) is 22.4 Å². The van der Waals surface area contributed by atoms with E-state index in [0.717, 1.165) is 27.9 Å². The number of carboxylic acid groups (broad SMARTS) is 1. The Labute approximate surface area is 121 Å². The van der Waals surface area contributed by atoms with E-state index in [-0.39, 0.29) is 5.56 Å². The van der Waals surface area contributed by atoms with Gasteiger partial charge in [-0.3, -0.25) is 0 Å². The van der Waals surface area contributed by atoms with Crippen LogP contribution in [0.1, 0.15) is 21.5 Å². The second kappa shape index (κ2) is 4.63. The van der Waals surface area contributed by atoms with Gasteiger partial charge in [-0.2, -0.15) is 0 Å². The number of H-pyrrole nitrogens is 1. The van der Waals surface area contributed by atoms with E-state index in [4.69, 9.17) is 10.8 Å². The van der Waals surface area contributed by atoms with E-state index in [1.807, 2.05) is 26.0 Å². The summed E-state index contributed by atoms with van der Waals surface area (Å²) >= 11 is 0. The third kappa shape index (κ3) is 2.12. The minimum Gasteiger partial charge on any atom is -0.478 e. The highest BCUT2D eigenvalue weighted by Gasteiger charge is 2.12. The van der Waals surface area contributed by atoms with Crippen molar-refractivity contribution in [2.24, 2.45) is 0 Å². The number of nitrogen functional groups attached to an aromatic ring is 1. The normalized spacial score (nSPS) is 11.0. The predicted molar refractivity (Wildman–Crippen MR) is 82.4 cm³/mol. The summed E-state index contributed by atoms with van der Waals surface area (Å²) in [6.07, 6.45) is 0. The molecule has 106 valence electrons. The first-order valence-corrected chi connectivity index (χ1v) is 6.56. The monoisotopic (exact) mass is 281 g/mol. The summed E-state index contributed by atoms with van der Waals surface area (Å²) in [6.45, 7) is 3.97. The zero-order chi connectivity index (χ0) is 15.1. The first-order chi connectivity index (χ1) is 9.97. The number of aromatic amines is 1. The number of anilines is 1. The Morgan fingerprint density at radius 3 is 2.67 bits per heavy atom. The molecule has 3 rings (SSSR count). The van der Waals surface area contributed by atoms with E-state index in [1.54, 1.807) is 18.2 Å². The molecule has 0 fully saturated rings. The second-order valence-corrected chi connectivity index (χ2v) is 5.07. The molecule has 0 aliphatic carbocycles. The van der Waals surface area contributed by atoms with Gasteiger partial charge in [0.2, 0.25) is 0 Å². The summed E-state index contributed by atoms with van der Waals surface area (Å²) < 4.78 is 0. The lowest BCUT2D eigenvalue weighted by Gasteiger charge is -2.08. The summed E-state index contributed by atoms with van der Waals surface area (Å²) in [5.41, 5.74) is 11.4. The van der Waals surface area contributed by atoms with Gasteiger partial charge in [0.15, 0.2) is 0 Å². The number of hydrogen-bond donors (Lipinski definition) is 3. The zero-order valence-corrected chi connectivity index (χ0v) is 11.8. The van der Waals surface area contributed by atoms with E-state index in [2.05, 4.69) is 9.97 Å². The molecule has 0 bridgehead atoms. The van der Waals surface area contributed by atoms with Gasteiger partial charge in [-0.15, -0.1) is 0 Å². The van der Waals surface area contributed by atoms with Crippen LogP contribution >= 0.6 is 0 Å². The van der Waals surface area contributed by atoms with Crippen LogP contribution in [0.2, 0.25) is 0 Å². The number of carbonyl (C=O) groups is 1. The van der Waals surface area contributed by atoms with Crippen LogP contribution in [0.15, 0.2) is 30.3 Å². The smallest absolute Gasteiger partial charge is 0.335 e. The largest absolute Gasteiger partial charge is 0.478 e. The SMILES string of the molecule is Cc1c(N)ccc(-c2nc3cc(C(=O)O)ccc3[nH]2)c1C. The molecule has 5 nitrogen and oxygen atoms in total. The molecular weight excluding hydrogens is 266 g/mol. The number of rotatable bonds is 2. The number of aromatic nitrogens is 2. The molecule has 0 radical (unpaired) electrons. The van der Waals surface area contributed by atoms with Crippen LogP contribution in [0.3, 0.4) is 0 Å². The Morgan fingerprint density at radius 1 is 1.19 bits per heavy atom. The molecule has 21 heavy (non-hydrogen) atoms. The number of nitrogens with zero attached hydrogens (tertiary/aromatic N) is 1. The Kier molecular flexibility index (Phi) is 2.90. The van der Waals surface area contributed by atoms with Gasteiger partial charge in [0.25, 0.3) is 0 Å². The molecule has 3 aromatic rings. The van der Waals surface area contributed by atoms with Gasteiger partial charge in [0.1, 0.15) is 5.82 Å². The Bertz CT molecular complexity index is 865. The molecule has 0 spiro atoms. The highest BCUT2D eigenvalue weighted by molar-refractivity contribution is 5.93. The Balaban J connectivity index is 2.18. The van der Waals surface area contributed by atoms with Crippen LogP contribution in [0.4, 0.5) is 5.69 Å². The number of aromatic carboxylic acids is 1. The van der Waals surface area contributed by atoms with Crippen molar-refractivity contribution in [3.8, 4) is 11.4 Å². The zero-order valence-electron chi connectivity index (χ0n) is 11.8. The Morgan fingerprint density at radius 2 is 1.95 bits per heavy atom. The van der Waals surface area contributed by atoms with Crippen molar-refractivity contribution in [3.63, 3.8) is 0 Å². The number of imidazole rings is 1. The molecule has 0 unspecified atom stereocenters. The van der Waals surface area contributed by atoms with Gasteiger partial charge in [0.05, 0.1) is 16.6 Å². The maximum atomic E-state index is 11.0. The Hall–Kier alpha value is -2.82. The highest BCUT2D eigenvalue weighted by atomic mass is 16.4. The molecule has 0 saturated heterocycles. The maximum absolute atomic E-state index is 11.0. The summed E-state index contributed by atoms with van der Waals surface area (Å²) in [5, 5.41) is 9.03. The first kappa shape index (κ1) is 13.2. The number of nitrogens with one attached hydrogen (secondary N) is 1. The van der Waals surface area contributed by atoms with Crippen molar-refractivity contribution in [2.75, 3.05) is 5.73 Å². The molecule has 5 heteroatoms. The third-order valence-electron chi connectivity index (χ3n) is 3.81. The van der Waals surface area contributed by atoms with Crippen molar-refractivity contribution in [1.29, 1.82) is 0 Å². The van der Waals surface area contributed by atoms with Crippen molar-refractivity contribution in [1.82, 2.24) is 9.97 Å². The molecule has 0 atom stereocenters. The van der Waals surface area contributed by atoms with Crippen LogP contribution < -0.4 is 5.73 Å². The average molecular weight is 281 g/mol. The van der Waals surface area contributed by atoms with Crippen molar-refractivity contribution in [2.45, 2.75) is 13.8 Å². The minimum atomic E-state index is -0.957. The minimum absolute atomic E-state index is 0.228. The molecule has 4 N–H and O–H groups in total. The van der Waals surface area contributed by atoms with Gasteiger partial charge in [0, 0.05) is 11.3 Å². The quantitative estimate of drug-likeness (QED) is 0.629. The molecule has 0 aliphatic rings. The topological polar surface area (TPSA) is 92.0 Å². The average Bonchev–Trinajstić information content (AvgIpc) is 2.87. The molecule has 0 amide bonds. The highest BCUT2D eigenvalue weighted by Crippen LogP contribution is 2.28. The maximum Gasteiger partial charge on any atom is 0.335 e. The first-order valence-electron chi connectivity index (χ1n) is 6.56. The predicted octanol–water partition coefficient (Wildman–Crippen LogP) is 3.13. The van der Waals surface area contributed by atoms with Crippen molar-refractivity contribution >= 4 is 22.7 Å². The molecule has 0 saturated carbocycles. The number of hydrogen-bond acceptors (Lipinski definition) is 3. The molecule has 0 aliphatic heterocycles. The van der Waals surface area contributed by atoms with Crippen LogP contribution in [-0.2, 0) is 0 Å². The summed E-state index contributed by atoms with van der Waals surface area (Å²) in [7, 11) is 0. The van der Waals surface area contributed by atoms with Crippen molar-refractivity contribution < 1.29 is 9.90 Å². The van der Waals surface area contributed by atoms with Gasteiger partial charge < -0.3 is 15.8 Å². The molecule has 1 aromatic heterocycles. The van der Waals surface area contributed by atoms with Gasteiger partial charge >= 0.3 is 5.97 Å². The van der Waals surface area contributed by atoms with E-state index >= 15 is 0 Å². The van der Waals surface area contributed by atoms with Gasteiger partial charge in [-0.05, 0) is 55.3 Å². The lowest BCUT2D eigenvalue weighted by molar-refractivity contribution is 0.0697.